The van der Waals surface area contributed by atoms with Crippen LogP contribution in [0.1, 0.15) is 34.0 Å². The highest BCUT2D eigenvalue weighted by Gasteiger charge is 2.25. The van der Waals surface area contributed by atoms with Crippen LogP contribution in [-0.4, -0.2) is 25.0 Å². The Bertz CT molecular complexity index is 1420. The molecule has 4 aromatic carbocycles. The van der Waals surface area contributed by atoms with E-state index in [4.69, 9.17) is 9.47 Å². The molecule has 0 aliphatic heterocycles. The van der Waals surface area contributed by atoms with Crippen molar-refractivity contribution in [2.24, 2.45) is 0 Å². The molecule has 0 bridgehead atoms. The maximum atomic E-state index is 15.7. The lowest BCUT2D eigenvalue weighted by Gasteiger charge is -2.25. The fourth-order valence-electron chi connectivity index (χ4n) is 3.97. The molecule has 0 saturated carbocycles. The maximum absolute atomic E-state index is 15.7. The fraction of sp³-hybridized carbons (Fsp3) is 0.188. The Balaban J connectivity index is 1.69. The summed E-state index contributed by atoms with van der Waals surface area (Å²) in [5.41, 5.74) is 2.43. The lowest BCUT2D eigenvalue weighted by Crippen LogP contribution is -2.38. The quantitative estimate of drug-likeness (QED) is 0.183. The summed E-state index contributed by atoms with van der Waals surface area (Å²) in [5.74, 6) is -1.66. The van der Waals surface area contributed by atoms with Gasteiger partial charge in [-0.2, -0.15) is 0 Å². The Labute approximate surface area is 241 Å². The summed E-state index contributed by atoms with van der Waals surface area (Å²) < 4.78 is 28.2. The average Bonchev–Trinajstić information content (AvgIpc) is 2.98. The first kappa shape index (κ1) is 29.0. The number of nitrogens with one attached hydrogen (secondary N) is 1. The SMILES string of the molecule is CCNCC(=O)N(Cc1ccc(Br)cc1)c1cc(OCc2ccccc2)c(C(=O)OCc2ccccc2)cc1F. The van der Waals surface area contributed by atoms with E-state index in [1.165, 1.54) is 11.0 Å². The number of carbonyl (C=O) groups is 2. The Morgan fingerprint density at radius 2 is 1.48 bits per heavy atom. The number of halogens is 2. The summed E-state index contributed by atoms with van der Waals surface area (Å²) in [4.78, 5) is 27.7. The third-order valence-electron chi connectivity index (χ3n) is 6.09. The number of benzene rings is 4. The first-order valence-electron chi connectivity index (χ1n) is 12.9. The molecule has 40 heavy (non-hydrogen) atoms. The smallest absolute Gasteiger partial charge is 0.342 e. The number of amides is 1. The molecule has 0 atom stereocenters. The van der Waals surface area contributed by atoms with Crippen LogP contribution in [-0.2, 0) is 29.3 Å². The molecular weight excluding hydrogens is 575 g/mol. The second-order valence-electron chi connectivity index (χ2n) is 9.02. The summed E-state index contributed by atoms with van der Waals surface area (Å²) in [6.45, 7) is 2.79. The summed E-state index contributed by atoms with van der Waals surface area (Å²) in [5, 5.41) is 3.01. The average molecular weight is 606 g/mol. The largest absolute Gasteiger partial charge is 0.488 e. The topological polar surface area (TPSA) is 67.9 Å². The second kappa shape index (κ2) is 14.4. The summed E-state index contributed by atoms with van der Waals surface area (Å²) in [7, 11) is 0. The molecule has 0 radical (unpaired) electrons. The predicted molar refractivity (Wildman–Crippen MR) is 157 cm³/mol. The molecule has 6 nitrogen and oxygen atoms in total. The van der Waals surface area contributed by atoms with Crippen LogP contribution >= 0.6 is 15.9 Å². The van der Waals surface area contributed by atoms with Gasteiger partial charge in [0.2, 0.25) is 5.91 Å². The van der Waals surface area contributed by atoms with Crippen molar-refractivity contribution in [3.63, 3.8) is 0 Å². The minimum atomic E-state index is -0.735. The van der Waals surface area contributed by atoms with Gasteiger partial charge in [-0.25, -0.2) is 9.18 Å². The van der Waals surface area contributed by atoms with Gasteiger partial charge in [0.25, 0.3) is 0 Å². The highest BCUT2D eigenvalue weighted by Crippen LogP contribution is 2.32. The van der Waals surface area contributed by atoms with Crippen LogP contribution in [0, 0.1) is 5.82 Å². The molecule has 1 N–H and O–H groups in total. The van der Waals surface area contributed by atoms with Crippen LogP contribution < -0.4 is 15.0 Å². The normalized spacial score (nSPS) is 10.7. The zero-order valence-electron chi connectivity index (χ0n) is 22.1. The van der Waals surface area contributed by atoms with E-state index in [-0.39, 0.29) is 49.2 Å². The highest BCUT2D eigenvalue weighted by molar-refractivity contribution is 9.10. The monoisotopic (exact) mass is 604 g/mol. The molecule has 206 valence electrons. The van der Waals surface area contributed by atoms with Gasteiger partial charge < -0.3 is 19.7 Å². The van der Waals surface area contributed by atoms with Gasteiger partial charge >= 0.3 is 5.97 Å². The molecule has 1 amide bonds. The Morgan fingerprint density at radius 1 is 0.850 bits per heavy atom. The summed E-state index contributed by atoms with van der Waals surface area (Å²) in [6.07, 6.45) is 0. The fourth-order valence-corrected chi connectivity index (χ4v) is 4.24. The number of nitrogens with zero attached hydrogens (tertiary/aromatic N) is 1. The number of hydrogen-bond donors (Lipinski definition) is 1. The Morgan fingerprint density at radius 3 is 2.10 bits per heavy atom. The van der Waals surface area contributed by atoms with Crippen LogP contribution in [0.4, 0.5) is 10.1 Å². The Hall–Kier alpha value is -4.01. The molecule has 0 spiro atoms. The van der Waals surface area contributed by atoms with Gasteiger partial charge in [-0.15, -0.1) is 0 Å². The van der Waals surface area contributed by atoms with E-state index in [9.17, 15) is 9.59 Å². The van der Waals surface area contributed by atoms with Crippen LogP contribution in [0.5, 0.6) is 5.75 Å². The highest BCUT2D eigenvalue weighted by atomic mass is 79.9. The van der Waals surface area contributed by atoms with Gasteiger partial charge in [0.1, 0.15) is 30.3 Å². The van der Waals surface area contributed by atoms with Crippen molar-refractivity contribution in [1.29, 1.82) is 0 Å². The molecule has 0 aromatic heterocycles. The van der Waals surface area contributed by atoms with E-state index in [0.717, 1.165) is 27.2 Å². The molecule has 0 saturated heterocycles. The number of ether oxygens (including phenoxy) is 2. The van der Waals surface area contributed by atoms with Crippen molar-refractivity contribution in [2.75, 3.05) is 18.0 Å². The molecule has 0 aliphatic carbocycles. The van der Waals surface area contributed by atoms with Gasteiger partial charge in [-0.1, -0.05) is 95.7 Å². The molecule has 0 unspecified atom stereocenters. The minimum absolute atomic E-state index is 0.00786. The number of hydrogen-bond acceptors (Lipinski definition) is 5. The molecule has 0 fully saturated rings. The first-order valence-corrected chi connectivity index (χ1v) is 13.7. The first-order chi connectivity index (χ1) is 19.4. The van der Waals surface area contributed by atoms with E-state index in [1.807, 2.05) is 91.9 Å². The maximum Gasteiger partial charge on any atom is 0.342 e. The molecular formula is C32H30BrFN2O4. The van der Waals surface area contributed by atoms with Crippen molar-refractivity contribution in [3.05, 3.63) is 130 Å². The van der Waals surface area contributed by atoms with Gasteiger partial charge in [0, 0.05) is 10.5 Å². The number of rotatable bonds is 12. The summed E-state index contributed by atoms with van der Waals surface area (Å²) >= 11 is 3.42. The van der Waals surface area contributed by atoms with Gasteiger partial charge in [0.05, 0.1) is 18.8 Å². The summed E-state index contributed by atoms with van der Waals surface area (Å²) in [6, 6.07) is 28.6. The third kappa shape index (κ3) is 8.00. The van der Waals surface area contributed by atoms with Crippen molar-refractivity contribution in [2.45, 2.75) is 26.7 Å². The van der Waals surface area contributed by atoms with Crippen molar-refractivity contribution in [1.82, 2.24) is 5.32 Å². The van der Waals surface area contributed by atoms with Crippen LogP contribution in [0.2, 0.25) is 0 Å². The van der Waals surface area contributed by atoms with Gasteiger partial charge in [-0.05, 0) is 41.4 Å². The van der Waals surface area contributed by atoms with E-state index >= 15 is 4.39 Å². The Kier molecular flexibility index (Phi) is 10.4. The van der Waals surface area contributed by atoms with Gasteiger partial charge in [0.15, 0.2) is 0 Å². The molecule has 0 aliphatic rings. The number of anilines is 1. The van der Waals surface area contributed by atoms with E-state index in [1.54, 1.807) is 0 Å². The number of likely N-dealkylation sites (N-methyl/N-ethyl adjacent to an activating group) is 1. The zero-order valence-corrected chi connectivity index (χ0v) is 23.7. The lowest BCUT2D eigenvalue weighted by atomic mass is 10.1. The van der Waals surface area contributed by atoms with Gasteiger partial charge in [-0.3, -0.25) is 4.79 Å². The van der Waals surface area contributed by atoms with Crippen LogP contribution in [0.15, 0.2) is 102 Å². The van der Waals surface area contributed by atoms with E-state index in [0.29, 0.717) is 6.54 Å². The number of carbonyl (C=O) groups excluding carboxylic acids is 2. The van der Waals surface area contributed by atoms with Crippen molar-refractivity contribution < 1.29 is 23.5 Å². The second-order valence-corrected chi connectivity index (χ2v) is 9.94. The minimum Gasteiger partial charge on any atom is -0.488 e. The molecule has 4 aromatic rings. The van der Waals surface area contributed by atoms with Crippen molar-refractivity contribution in [3.8, 4) is 5.75 Å². The van der Waals surface area contributed by atoms with Crippen molar-refractivity contribution >= 4 is 33.5 Å². The lowest BCUT2D eigenvalue weighted by molar-refractivity contribution is -0.118. The molecule has 8 heteroatoms. The molecule has 0 heterocycles. The zero-order chi connectivity index (χ0) is 28.3. The number of esters is 1. The third-order valence-corrected chi connectivity index (χ3v) is 6.62. The van der Waals surface area contributed by atoms with Crippen LogP contribution in [0.25, 0.3) is 0 Å². The molecule has 4 rings (SSSR count). The van der Waals surface area contributed by atoms with E-state index in [2.05, 4.69) is 21.2 Å². The van der Waals surface area contributed by atoms with E-state index < -0.39 is 11.8 Å². The predicted octanol–water partition coefficient (Wildman–Crippen LogP) is 6.67. The standard InChI is InChI=1S/C32H30BrFN2O4/c1-2-35-19-31(37)36(20-23-13-15-26(33)16-14-23)29-18-30(39-21-24-9-5-3-6-10-24)27(17-28(29)34)32(38)40-22-25-11-7-4-8-12-25/h3-18,35H,2,19-22H2,1H3. The van der Waals surface area contributed by atoms with Crippen LogP contribution in [0.3, 0.4) is 0 Å².